The predicted octanol–water partition coefficient (Wildman–Crippen LogP) is 3.94. The summed E-state index contributed by atoms with van der Waals surface area (Å²) < 4.78 is 5.67. The van der Waals surface area contributed by atoms with E-state index < -0.39 is 0 Å². The number of Topliss-reactive ketones (excluding diaryl/α,β-unsaturated/α-hetero) is 1. The van der Waals surface area contributed by atoms with Crippen molar-refractivity contribution in [2.45, 2.75) is 26.2 Å². The Labute approximate surface area is 121 Å². The van der Waals surface area contributed by atoms with Crippen LogP contribution in [0.15, 0.2) is 22.2 Å². The molecule has 1 aromatic carbocycles. The van der Waals surface area contributed by atoms with Crippen molar-refractivity contribution in [3.63, 3.8) is 0 Å². The van der Waals surface area contributed by atoms with Crippen LogP contribution in [0.25, 0.3) is 6.08 Å². The molecule has 0 amide bonds. The minimum Gasteiger partial charge on any atom is -0.503 e. The summed E-state index contributed by atoms with van der Waals surface area (Å²) in [4.78, 5) is 12.1. The number of phenols is 1. The topological polar surface area (TPSA) is 46.5 Å². The molecule has 0 radical (unpaired) electrons. The molecule has 0 bridgehead atoms. The number of hydrogen-bond acceptors (Lipinski definition) is 3. The minimum atomic E-state index is 0.0768. The van der Waals surface area contributed by atoms with E-state index in [0.717, 1.165) is 30.4 Å². The molecule has 0 saturated heterocycles. The largest absolute Gasteiger partial charge is 0.503 e. The Kier molecular flexibility index (Phi) is 4.30. The second-order valence-electron chi connectivity index (χ2n) is 4.88. The van der Waals surface area contributed by atoms with Crippen molar-refractivity contribution < 1.29 is 14.6 Å². The molecule has 0 aromatic heterocycles. The van der Waals surface area contributed by atoms with Crippen LogP contribution >= 0.6 is 15.9 Å². The molecule has 1 atom stereocenters. The smallest absolute Gasteiger partial charge is 0.172 e. The normalized spacial score (nSPS) is 21.7. The number of ether oxygens (including phenoxy) is 1. The molecule has 1 aliphatic carbocycles. The molecule has 1 fully saturated rings. The van der Waals surface area contributed by atoms with Crippen LogP contribution in [0.1, 0.15) is 31.7 Å². The van der Waals surface area contributed by atoms with Gasteiger partial charge in [-0.05, 0) is 64.5 Å². The van der Waals surface area contributed by atoms with Gasteiger partial charge in [0.15, 0.2) is 17.3 Å². The van der Waals surface area contributed by atoms with Gasteiger partial charge in [-0.15, -0.1) is 0 Å². The summed E-state index contributed by atoms with van der Waals surface area (Å²) >= 11 is 3.29. The van der Waals surface area contributed by atoms with Crippen LogP contribution in [0.3, 0.4) is 0 Å². The first-order chi connectivity index (χ1) is 9.02. The summed E-state index contributed by atoms with van der Waals surface area (Å²) in [6.07, 6.45) is 4.74. The third-order valence-corrected chi connectivity index (χ3v) is 4.06. The van der Waals surface area contributed by atoms with Gasteiger partial charge in [-0.25, -0.2) is 0 Å². The second kappa shape index (κ2) is 5.78. The first-order valence-electron chi connectivity index (χ1n) is 6.34. The highest BCUT2D eigenvalue weighted by Gasteiger charge is 2.22. The molecule has 1 aliphatic rings. The average molecular weight is 325 g/mol. The molecule has 0 spiro atoms. The molecule has 3 nitrogen and oxygen atoms in total. The number of ketones is 1. The quantitative estimate of drug-likeness (QED) is 0.838. The van der Waals surface area contributed by atoms with E-state index in [0.29, 0.717) is 10.2 Å². The molecule has 19 heavy (non-hydrogen) atoms. The first-order valence-corrected chi connectivity index (χ1v) is 7.13. The molecule has 1 saturated carbocycles. The van der Waals surface area contributed by atoms with E-state index >= 15 is 0 Å². The zero-order chi connectivity index (χ0) is 14.0. The van der Waals surface area contributed by atoms with Crippen molar-refractivity contribution in [1.29, 1.82) is 0 Å². The molecule has 0 aliphatic heterocycles. The Morgan fingerprint density at radius 1 is 1.47 bits per heavy atom. The Hall–Kier alpha value is -1.29. The highest BCUT2D eigenvalue weighted by atomic mass is 79.9. The second-order valence-corrected chi connectivity index (χ2v) is 5.74. The van der Waals surface area contributed by atoms with Crippen molar-refractivity contribution in [2.75, 3.05) is 7.11 Å². The number of rotatable bonds is 2. The maximum atomic E-state index is 12.1. The van der Waals surface area contributed by atoms with Gasteiger partial charge in [0, 0.05) is 5.92 Å². The van der Waals surface area contributed by atoms with E-state index in [1.54, 1.807) is 12.1 Å². The fourth-order valence-corrected chi connectivity index (χ4v) is 2.81. The maximum absolute atomic E-state index is 12.1. The number of halogens is 1. The predicted molar refractivity (Wildman–Crippen MR) is 78.4 cm³/mol. The van der Waals surface area contributed by atoms with Crippen LogP contribution in [-0.4, -0.2) is 18.0 Å². The Balaban J connectivity index is 2.37. The van der Waals surface area contributed by atoms with Crippen LogP contribution < -0.4 is 4.74 Å². The Morgan fingerprint density at radius 3 is 2.89 bits per heavy atom. The van der Waals surface area contributed by atoms with Crippen molar-refractivity contribution in [3.8, 4) is 11.5 Å². The zero-order valence-electron chi connectivity index (χ0n) is 11.1. The van der Waals surface area contributed by atoms with Gasteiger partial charge in [0.1, 0.15) is 0 Å². The molecule has 2 rings (SSSR count). The molecular weight excluding hydrogens is 308 g/mol. The molecule has 102 valence electrons. The fourth-order valence-electron chi connectivity index (χ4n) is 2.35. The molecule has 0 heterocycles. The zero-order valence-corrected chi connectivity index (χ0v) is 12.7. The van der Waals surface area contributed by atoms with Gasteiger partial charge in [-0.3, -0.25) is 4.79 Å². The van der Waals surface area contributed by atoms with E-state index in [4.69, 9.17) is 4.74 Å². The van der Waals surface area contributed by atoms with Crippen molar-refractivity contribution in [3.05, 3.63) is 27.7 Å². The number of methoxy groups -OCH3 is 1. The Bertz CT molecular complexity index is 534. The van der Waals surface area contributed by atoms with Crippen LogP contribution in [0.4, 0.5) is 0 Å². The van der Waals surface area contributed by atoms with E-state index in [9.17, 15) is 9.90 Å². The van der Waals surface area contributed by atoms with Crippen molar-refractivity contribution in [1.82, 2.24) is 0 Å². The standard InChI is InChI=1S/C15H17BrO3/c1-9-4-3-5-11(14(9)17)6-10-7-12(16)15(18)13(8-10)19-2/h6-9,18H,3-5H2,1-2H3/b11-6+/t9-/m1/s1. The van der Waals surface area contributed by atoms with Gasteiger partial charge in [-0.1, -0.05) is 6.92 Å². The maximum Gasteiger partial charge on any atom is 0.172 e. The average Bonchev–Trinajstić information content (AvgIpc) is 2.39. The number of aromatic hydroxyl groups is 1. The number of phenolic OH excluding ortho intramolecular Hbond substituents is 1. The molecule has 4 heteroatoms. The van der Waals surface area contributed by atoms with Gasteiger partial charge in [0.05, 0.1) is 11.6 Å². The van der Waals surface area contributed by atoms with Gasteiger partial charge >= 0.3 is 0 Å². The molecule has 1 N–H and O–H groups in total. The van der Waals surface area contributed by atoms with E-state index in [-0.39, 0.29) is 17.5 Å². The third kappa shape index (κ3) is 3.00. The fraction of sp³-hybridized carbons (Fsp3) is 0.400. The lowest BCUT2D eigenvalue weighted by atomic mass is 9.84. The molecular formula is C15H17BrO3. The van der Waals surface area contributed by atoms with E-state index in [1.165, 1.54) is 7.11 Å². The monoisotopic (exact) mass is 324 g/mol. The van der Waals surface area contributed by atoms with Crippen molar-refractivity contribution in [2.24, 2.45) is 5.92 Å². The van der Waals surface area contributed by atoms with Crippen molar-refractivity contribution >= 4 is 27.8 Å². The van der Waals surface area contributed by atoms with Gasteiger partial charge < -0.3 is 9.84 Å². The summed E-state index contributed by atoms with van der Waals surface area (Å²) in [5.74, 6) is 0.822. The van der Waals surface area contributed by atoms with Gasteiger partial charge in [0.25, 0.3) is 0 Å². The lowest BCUT2D eigenvalue weighted by molar-refractivity contribution is -0.119. The first kappa shape index (κ1) is 14.1. The number of benzene rings is 1. The van der Waals surface area contributed by atoms with Crippen LogP contribution in [0.2, 0.25) is 0 Å². The molecule has 0 unspecified atom stereocenters. The highest BCUT2D eigenvalue weighted by molar-refractivity contribution is 9.10. The van der Waals surface area contributed by atoms with Gasteiger partial charge in [-0.2, -0.15) is 0 Å². The van der Waals surface area contributed by atoms with E-state index in [2.05, 4.69) is 15.9 Å². The number of carbonyl (C=O) groups is 1. The summed E-state index contributed by atoms with van der Waals surface area (Å²) in [7, 11) is 1.51. The summed E-state index contributed by atoms with van der Waals surface area (Å²) in [5.41, 5.74) is 1.72. The number of carbonyl (C=O) groups excluding carboxylic acids is 1. The number of hydrogen-bond donors (Lipinski definition) is 1. The molecule has 1 aromatic rings. The summed E-state index contributed by atoms with van der Waals surface area (Å²) in [6, 6.07) is 3.52. The lowest BCUT2D eigenvalue weighted by Gasteiger charge is -2.19. The number of allylic oxidation sites excluding steroid dienone is 1. The summed E-state index contributed by atoms with van der Waals surface area (Å²) in [6.45, 7) is 1.97. The van der Waals surface area contributed by atoms with Gasteiger partial charge in [0.2, 0.25) is 0 Å². The lowest BCUT2D eigenvalue weighted by Crippen LogP contribution is -2.18. The van der Waals surface area contributed by atoms with Crippen LogP contribution in [0, 0.1) is 5.92 Å². The van der Waals surface area contributed by atoms with E-state index in [1.807, 2.05) is 13.0 Å². The Morgan fingerprint density at radius 2 is 2.21 bits per heavy atom. The summed E-state index contributed by atoms with van der Waals surface area (Å²) in [5, 5.41) is 9.76. The minimum absolute atomic E-state index is 0.0768. The third-order valence-electron chi connectivity index (χ3n) is 3.46. The van der Waals surface area contributed by atoms with Crippen LogP contribution in [-0.2, 0) is 4.79 Å². The highest BCUT2D eigenvalue weighted by Crippen LogP contribution is 2.36. The van der Waals surface area contributed by atoms with Crippen LogP contribution in [0.5, 0.6) is 11.5 Å². The SMILES string of the molecule is COc1cc(/C=C2\CCC[C@@H](C)C2=O)cc(Br)c1O.